The van der Waals surface area contributed by atoms with Gasteiger partial charge in [-0.1, -0.05) is 25.1 Å². The maximum atomic E-state index is 12.1. The van der Waals surface area contributed by atoms with E-state index in [9.17, 15) is 4.79 Å². The third kappa shape index (κ3) is 2.93. The number of para-hydroxylation sites is 1. The Morgan fingerprint density at radius 2 is 2.33 bits per heavy atom. The summed E-state index contributed by atoms with van der Waals surface area (Å²) >= 11 is 0. The van der Waals surface area contributed by atoms with Gasteiger partial charge in [-0.15, -0.1) is 0 Å². The minimum atomic E-state index is -0.00556. The van der Waals surface area contributed by atoms with Crippen molar-refractivity contribution in [2.45, 2.75) is 32.9 Å². The molecule has 1 fully saturated rings. The molecule has 0 unspecified atom stereocenters. The number of carbonyl (C=O) groups excluding carboxylic acids is 1. The lowest BCUT2D eigenvalue weighted by Gasteiger charge is -2.08. The number of amides is 1. The second kappa shape index (κ2) is 6.26. The molecule has 0 spiro atoms. The van der Waals surface area contributed by atoms with Gasteiger partial charge in [-0.05, 0) is 18.9 Å². The summed E-state index contributed by atoms with van der Waals surface area (Å²) < 4.78 is 7.28. The molecule has 0 bridgehead atoms. The summed E-state index contributed by atoms with van der Waals surface area (Å²) in [6.07, 6.45) is 1.85. The fourth-order valence-corrected chi connectivity index (χ4v) is 2.77. The van der Waals surface area contributed by atoms with Crippen molar-refractivity contribution < 1.29 is 9.53 Å². The Kier molecular flexibility index (Phi) is 4.20. The van der Waals surface area contributed by atoms with Crippen LogP contribution < -0.4 is 5.32 Å². The monoisotopic (exact) mass is 287 g/mol. The van der Waals surface area contributed by atoms with Crippen LogP contribution in [0, 0.1) is 5.92 Å². The van der Waals surface area contributed by atoms with Gasteiger partial charge < -0.3 is 10.1 Å². The highest BCUT2D eigenvalue weighted by molar-refractivity contribution is 5.83. The number of aromatic nitrogens is 2. The van der Waals surface area contributed by atoms with E-state index in [2.05, 4.69) is 29.5 Å². The van der Waals surface area contributed by atoms with Gasteiger partial charge in [-0.2, -0.15) is 5.10 Å². The third-order valence-corrected chi connectivity index (χ3v) is 3.90. The molecule has 5 nitrogen and oxygen atoms in total. The lowest BCUT2D eigenvalue weighted by atomic mass is 10.1. The zero-order chi connectivity index (χ0) is 14.7. The lowest BCUT2D eigenvalue weighted by molar-refractivity contribution is -0.125. The SMILES string of the molecule is CCCn1nc(CNC(=O)[C@H]2CCOC2)c2ccccc21. The summed E-state index contributed by atoms with van der Waals surface area (Å²) in [6.45, 7) is 4.73. The number of nitrogens with zero attached hydrogens (tertiary/aromatic N) is 2. The van der Waals surface area contributed by atoms with Crippen molar-refractivity contribution in [3.63, 3.8) is 0 Å². The van der Waals surface area contributed by atoms with E-state index in [-0.39, 0.29) is 11.8 Å². The molecular weight excluding hydrogens is 266 g/mol. The molecule has 21 heavy (non-hydrogen) atoms. The zero-order valence-corrected chi connectivity index (χ0v) is 12.3. The van der Waals surface area contributed by atoms with Gasteiger partial charge in [0.2, 0.25) is 5.91 Å². The molecule has 1 N–H and O–H groups in total. The first-order valence-electron chi connectivity index (χ1n) is 7.59. The van der Waals surface area contributed by atoms with E-state index in [0.717, 1.165) is 36.0 Å². The highest BCUT2D eigenvalue weighted by Crippen LogP contribution is 2.19. The number of ether oxygens (including phenoxy) is 1. The Morgan fingerprint density at radius 1 is 1.48 bits per heavy atom. The summed E-state index contributed by atoms with van der Waals surface area (Å²) in [7, 11) is 0. The molecule has 1 aliphatic rings. The van der Waals surface area contributed by atoms with Crippen LogP contribution in [0.2, 0.25) is 0 Å². The first kappa shape index (κ1) is 14.1. The van der Waals surface area contributed by atoms with Crippen molar-refractivity contribution in [1.82, 2.24) is 15.1 Å². The minimum absolute atomic E-state index is 0.00556. The van der Waals surface area contributed by atoms with Crippen LogP contribution in [-0.2, 0) is 22.6 Å². The highest BCUT2D eigenvalue weighted by atomic mass is 16.5. The van der Waals surface area contributed by atoms with Crippen molar-refractivity contribution in [2.24, 2.45) is 5.92 Å². The van der Waals surface area contributed by atoms with E-state index in [1.807, 2.05) is 16.8 Å². The quantitative estimate of drug-likeness (QED) is 0.916. The molecule has 2 heterocycles. The maximum absolute atomic E-state index is 12.1. The summed E-state index contributed by atoms with van der Waals surface area (Å²) in [5.41, 5.74) is 2.07. The van der Waals surface area contributed by atoms with E-state index in [1.165, 1.54) is 0 Å². The molecule has 112 valence electrons. The normalized spacial score (nSPS) is 18.2. The van der Waals surface area contributed by atoms with Crippen LogP contribution in [0.25, 0.3) is 10.9 Å². The van der Waals surface area contributed by atoms with Gasteiger partial charge in [-0.3, -0.25) is 9.48 Å². The summed E-state index contributed by atoms with van der Waals surface area (Å²) in [5.74, 6) is 0.0654. The first-order chi connectivity index (χ1) is 10.3. The van der Waals surface area contributed by atoms with Crippen LogP contribution in [0.1, 0.15) is 25.5 Å². The van der Waals surface area contributed by atoms with E-state index in [4.69, 9.17) is 4.74 Å². The van der Waals surface area contributed by atoms with Crippen molar-refractivity contribution in [3.05, 3.63) is 30.0 Å². The number of carbonyl (C=O) groups is 1. The number of hydrogen-bond acceptors (Lipinski definition) is 3. The Bertz CT molecular complexity index is 629. The summed E-state index contributed by atoms with van der Waals surface area (Å²) in [6, 6.07) is 8.17. The molecule has 1 amide bonds. The molecule has 0 aliphatic carbocycles. The van der Waals surface area contributed by atoms with E-state index in [0.29, 0.717) is 19.8 Å². The molecule has 5 heteroatoms. The molecule has 2 aromatic rings. The molecule has 1 aromatic carbocycles. The fourth-order valence-electron chi connectivity index (χ4n) is 2.77. The van der Waals surface area contributed by atoms with Gasteiger partial charge in [0, 0.05) is 18.5 Å². The van der Waals surface area contributed by atoms with Crippen LogP contribution >= 0.6 is 0 Å². The van der Waals surface area contributed by atoms with Crippen molar-refractivity contribution in [2.75, 3.05) is 13.2 Å². The Hall–Kier alpha value is -1.88. The van der Waals surface area contributed by atoms with Gasteiger partial charge in [0.25, 0.3) is 0 Å². The standard InChI is InChI=1S/C16H21N3O2/c1-2-8-19-15-6-4-3-5-13(15)14(18-19)10-17-16(20)12-7-9-21-11-12/h3-6,12H,2,7-11H2,1H3,(H,17,20)/t12-/m0/s1. The average Bonchev–Trinajstić information content (AvgIpc) is 3.14. The van der Waals surface area contributed by atoms with Gasteiger partial charge in [0.05, 0.1) is 30.3 Å². The molecule has 1 saturated heterocycles. The molecule has 1 aliphatic heterocycles. The number of nitrogens with one attached hydrogen (secondary N) is 1. The predicted molar refractivity (Wildman–Crippen MR) is 80.8 cm³/mol. The van der Waals surface area contributed by atoms with Crippen LogP contribution in [-0.4, -0.2) is 28.9 Å². The van der Waals surface area contributed by atoms with Gasteiger partial charge >= 0.3 is 0 Å². The molecule has 0 saturated carbocycles. The molecule has 0 radical (unpaired) electrons. The fraction of sp³-hybridized carbons (Fsp3) is 0.500. The van der Waals surface area contributed by atoms with E-state index >= 15 is 0 Å². The second-order valence-electron chi connectivity index (χ2n) is 5.47. The van der Waals surface area contributed by atoms with Crippen molar-refractivity contribution in [3.8, 4) is 0 Å². The largest absolute Gasteiger partial charge is 0.381 e. The number of aryl methyl sites for hydroxylation is 1. The topological polar surface area (TPSA) is 56.2 Å². The van der Waals surface area contributed by atoms with E-state index < -0.39 is 0 Å². The van der Waals surface area contributed by atoms with Gasteiger partial charge in [-0.25, -0.2) is 0 Å². The van der Waals surface area contributed by atoms with Gasteiger partial charge in [0.1, 0.15) is 0 Å². The minimum Gasteiger partial charge on any atom is -0.381 e. The van der Waals surface area contributed by atoms with Crippen molar-refractivity contribution >= 4 is 16.8 Å². The lowest BCUT2D eigenvalue weighted by Crippen LogP contribution is -2.30. The van der Waals surface area contributed by atoms with Crippen LogP contribution in [0.15, 0.2) is 24.3 Å². The number of benzene rings is 1. The smallest absolute Gasteiger partial charge is 0.225 e. The summed E-state index contributed by atoms with van der Waals surface area (Å²) in [5, 5.41) is 8.76. The Morgan fingerprint density at radius 3 is 3.10 bits per heavy atom. The second-order valence-corrected chi connectivity index (χ2v) is 5.47. The van der Waals surface area contributed by atoms with Crippen LogP contribution in [0.4, 0.5) is 0 Å². The first-order valence-corrected chi connectivity index (χ1v) is 7.59. The van der Waals surface area contributed by atoms with Crippen LogP contribution in [0.3, 0.4) is 0 Å². The number of fused-ring (bicyclic) bond motifs is 1. The average molecular weight is 287 g/mol. The predicted octanol–water partition coefficient (Wildman–Crippen LogP) is 2.10. The molecular formula is C16H21N3O2. The third-order valence-electron chi connectivity index (χ3n) is 3.90. The summed E-state index contributed by atoms with van der Waals surface area (Å²) in [4.78, 5) is 12.1. The van der Waals surface area contributed by atoms with Gasteiger partial charge in [0.15, 0.2) is 0 Å². The maximum Gasteiger partial charge on any atom is 0.225 e. The molecule has 1 atom stereocenters. The Labute approximate surface area is 124 Å². The number of hydrogen-bond donors (Lipinski definition) is 1. The van der Waals surface area contributed by atoms with Crippen LogP contribution in [0.5, 0.6) is 0 Å². The number of rotatable bonds is 5. The molecule has 3 rings (SSSR count). The zero-order valence-electron chi connectivity index (χ0n) is 12.3. The highest BCUT2D eigenvalue weighted by Gasteiger charge is 2.23. The molecule has 1 aromatic heterocycles. The van der Waals surface area contributed by atoms with E-state index in [1.54, 1.807) is 0 Å². The van der Waals surface area contributed by atoms with Crippen molar-refractivity contribution in [1.29, 1.82) is 0 Å². The Balaban J connectivity index is 1.75.